The third-order valence-electron chi connectivity index (χ3n) is 0.622. The lowest BCUT2D eigenvalue weighted by Gasteiger charge is -2.09. The smallest absolute Gasteiger partial charge is 0.246 e. The summed E-state index contributed by atoms with van der Waals surface area (Å²) < 4.78 is 0. The molecule has 0 radical (unpaired) electrons. The number of aliphatic hydroxyl groups is 2. The highest BCUT2D eigenvalue weighted by Gasteiger charge is 2.21. The minimum absolute atomic E-state index is 0.943. The average Bonchev–Trinajstić information content (AvgIpc) is 1.89. The van der Waals surface area contributed by atoms with Crippen molar-refractivity contribution in [3.05, 3.63) is 20.9 Å². The van der Waals surface area contributed by atoms with Crippen molar-refractivity contribution >= 4 is 0 Å². The van der Waals surface area contributed by atoms with E-state index >= 15 is 0 Å². The first-order chi connectivity index (χ1) is 4.68. The van der Waals surface area contributed by atoms with E-state index in [1.54, 1.807) is 0 Å². The van der Waals surface area contributed by atoms with E-state index in [1.165, 1.54) is 0 Å². The van der Waals surface area contributed by atoms with Gasteiger partial charge in [0.05, 0.1) is 6.61 Å². The van der Waals surface area contributed by atoms with Gasteiger partial charge in [-0.3, -0.25) is 0 Å². The van der Waals surface area contributed by atoms with Gasteiger partial charge in [0.2, 0.25) is 5.85 Å². The van der Waals surface area contributed by atoms with E-state index in [-0.39, 0.29) is 0 Å². The van der Waals surface area contributed by atoms with Crippen molar-refractivity contribution in [1.29, 1.82) is 0 Å². The highest BCUT2D eigenvalue weighted by Crippen LogP contribution is 2.07. The summed E-state index contributed by atoms with van der Waals surface area (Å²) in [6.45, 7) is -0.943. The molecule has 0 fully saturated rings. The van der Waals surface area contributed by atoms with E-state index in [0.29, 0.717) is 0 Å². The number of azide groups is 1. The monoisotopic (exact) mass is 144 g/mol. The van der Waals surface area contributed by atoms with Crippen molar-refractivity contribution in [2.75, 3.05) is 6.61 Å². The molecule has 10 heavy (non-hydrogen) atoms. The standard InChI is InChI=1S/C2H4N6O2/c3-7-5-2(10,1-9)6-8-4/h9-10H,1H2. The topological polar surface area (TPSA) is 138 Å². The lowest BCUT2D eigenvalue weighted by atomic mass is 10.5. The van der Waals surface area contributed by atoms with Crippen LogP contribution in [0.25, 0.3) is 20.9 Å². The van der Waals surface area contributed by atoms with E-state index in [2.05, 4.69) is 20.1 Å². The summed E-state index contributed by atoms with van der Waals surface area (Å²) in [6, 6.07) is 0. The predicted octanol–water partition coefficient (Wildman–Crippen LogP) is 0.245. The van der Waals surface area contributed by atoms with Gasteiger partial charge in [-0.05, 0) is 11.1 Å². The van der Waals surface area contributed by atoms with Crippen LogP contribution in [0.3, 0.4) is 0 Å². The van der Waals surface area contributed by atoms with E-state index in [0.717, 1.165) is 0 Å². The van der Waals surface area contributed by atoms with Crippen LogP contribution < -0.4 is 0 Å². The fourth-order valence-electron chi connectivity index (χ4n) is 0.226. The van der Waals surface area contributed by atoms with Gasteiger partial charge in [-0.25, -0.2) is 0 Å². The zero-order valence-electron chi connectivity index (χ0n) is 4.78. The first kappa shape index (κ1) is 8.54. The van der Waals surface area contributed by atoms with Crippen molar-refractivity contribution in [2.24, 2.45) is 10.2 Å². The number of hydrogen-bond acceptors (Lipinski definition) is 4. The van der Waals surface area contributed by atoms with E-state index in [4.69, 9.17) is 21.3 Å². The van der Waals surface area contributed by atoms with Crippen molar-refractivity contribution in [2.45, 2.75) is 5.85 Å². The molecule has 0 heterocycles. The molecule has 0 aliphatic carbocycles. The summed E-state index contributed by atoms with van der Waals surface area (Å²) in [6.07, 6.45) is 0. The van der Waals surface area contributed by atoms with Crippen molar-refractivity contribution in [1.82, 2.24) is 0 Å². The van der Waals surface area contributed by atoms with E-state index in [1.807, 2.05) is 0 Å². The summed E-state index contributed by atoms with van der Waals surface area (Å²) in [5.74, 6) is -2.39. The van der Waals surface area contributed by atoms with Gasteiger partial charge in [0.15, 0.2) is 0 Å². The Morgan fingerprint density at radius 2 is 1.70 bits per heavy atom. The molecule has 0 aromatic heterocycles. The minimum Gasteiger partial charge on any atom is -0.393 e. The molecule has 0 amide bonds. The zero-order valence-corrected chi connectivity index (χ0v) is 4.78. The zero-order chi connectivity index (χ0) is 8.04. The number of aliphatic hydroxyl groups excluding tert-OH is 1. The van der Waals surface area contributed by atoms with Crippen LogP contribution in [0.5, 0.6) is 0 Å². The Morgan fingerprint density at radius 3 is 1.90 bits per heavy atom. The van der Waals surface area contributed by atoms with Gasteiger partial charge in [-0.1, -0.05) is 10.2 Å². The Hall–Kier alpha value is -1.46. The normalized spacial score (nSPS) is 14.2. The first-order valence-corrected chi connectivity index (χ1v) is 2.14. The Labute approximate surface area is 55.0 Å². The van der Waals surface area contributed by atoms with Crippen molar-refractivity contribution in [3.8, 4) is 0 Å². The van der Waals surface area contributed by atoms with Gasteiger partial charge >= 0.3 is 0 Å². The molecule has 0 aliphatic rings. The molecule has 0 aliphatic heterocycles. The lowest BCUT2D eigenvalue weighted by molar-refractivity contribution is -0.00240. The van der Waals surface area contributed by atoms with Crippen LogP contribution >= 0.6 is 0 Å². The molecule has 0 aromatic carbocycles. The number of nitrogens with zero attached hydrogens (tertiary/aromatic N) is 6. The number of rotatable bonds is 3. The summed E-state index contributed by atoms with van der Waals surface area (Å²) in [5.41, 5.74) is 15.5. The summed E-state index contributed by atoms with van der Waals surface area (Å²) >= 11 is 0. The molecular weight excluding hydrogens is 140 g/mol. The number of hydrogen-bond donors (Lipinski definition) is 2. The quantitative estimate of drug-likeness (QED) is 0.333. The second kappa shape index (κ2) is 3.54. The third-order valence-corrected chi connectivity index (χ3v) is 0.622. The molecular formula is C2H4N6O2. The molecule has 0 saturated heterocycles. The van der Waals surface area contributed by atoms with Crippen LogP contribution in [-0.4, -0.2) is 22.7 Å². The fourth-order valence-corrected chi connectivity index (χ4v) is 0.226. The third kappa shape index (κ3) is 2.21. The maximum Gasteiger partial charge on any atom is 0.246 e. The van der Waals surface area contributed by atoms with Crippen LogP contribution in [0.1, 0.15) is 0 Å². The molecule has 0 bridgehead atoms. The Morgan fingerprint density at radius 1 is 1.30 bits per heavy atom. The molecule has 54 valence electrons. The molecule has 8 nitrogen and oxygen atoms in total. The minimum atomic E-state index is -2.39. The molecule has 0 rings (SSSR count). The van der Waals surface area contributed by atoms with Crippen LogP contribution in [-0.2, 0) is 0 Å². The van der Waals surface area contributed by atoms with Gasteiger partial charge in [0, 0.05) is 9.82 Å². The van der Waals surface area contributed by atoms with Gasteiger partial charge in [0.1, 0.15) is 0 Å². The summed E-state index contributed by atoms with van der Waals surface area (Å²) in [5, 5.41) is 22.3. The Bertz CT molecular complexity index is 182. The molecule has 2 N–H and O–H groups in total. The second-order valence-corrected chi connectivity index (χ2v) is 1.31. The molecule has 0 saturated carbocycles. The van der Waals surface area contributed by atoms with Crippen LogP contribution in [0.15, 0.2) is 10.2 Å². The SMILES string of the molecule is [N-]=[N+]=NC(O)(CO)N=[N+]=[N-]. The van der Waals surface area contributed by atoms with Gasteiger partial charge in [-0.15, -0.1) is 0 Å². The van der Waals surface area contributed by atoms with Gasteiger partial charge in [0.25, 0.3) is 0 Å². The van der Waals surface area contributed by atoms with E-state index < -0.39 is 12.5 Å². The second-order valence-electron chi connectivity index (χ2n) is 1.31. The molecule has 0 aromatic rings. The van der Waals surface area contributed by atoms with Crippen LogP contribution in [0.2, 0.25) is 0 Å². The highest BCUT2D eigenvalue weighted by molar-refractivity contribution is 4.71. The Balaban J connectivity index is 4.52. The summed E-state index contributed by atoms with van der Waals surface area (Å²) in [4.78, 5) is 4.29. The lowest BCUT2D eigenvalue weighted by Crippen LogP contribution is -2.26. The highest BCUT2D eigenvalue weighted by atomic mass is 16.4. The molecule has 8 heteroatoms. The van der Waals surface area contributed by atoms with Crippen molar-refractivity contribution < 1.29 is 10.2 Å². The molecule has 0 unspecified atom stereocenters. The largest absolute Gasteiger partial charge is 0.393 e. The molecule has 0 atom stereocenters. The maximum atomic E-state index is 8.73. The van der Waals surface area contributed by atoms with Crippen molar-refractivity contribution in [3.63, 3.8) is 0 Å². The average molecular weight is 144 g/mol. The predicted molar refractivity (Wildman–Crippen MR) is 30.3 cm³/mol. The molecule has 0 spiro atoms. The van der Waals surface area contributed by atoms with Crippen LogP contribution in [0, 0.1) is 0 Å². The Kier molecular flexibility index (Phi) is 3.03. The summed E-state index contributed by atoms with van der Waals surface area (Å²) in [7, 11) is 0. The van der Waals surface area contributed by atoms with Gasteiger partial charge < -0.3 is 10.2 Å². The first-order valence-electron chi connectivity index (χ1n) is 2.14. The van der Waals surface area contributed by atoms with Crippen LogP contribution in [0.4, 0.5) is 0 Å². The van der Waals surface area contributed by atoms with Gasteiger partial charge in [-0.2, -0.15) is 0 Å². The fraction of sp³-hybridized carbons (Fsp3) is 1.00. The maximum absolute atomic E-state index is 8.73. The van der Waals surface area contributed by atoms with E-state index in [9.17, 15) is 0 Å².